The highest BCUT2D eigenvalue weighted by Crippen LogP contribution is 2.39. The lowest BCUT2D eigenvalue weighted by Crippen LogP contribution is -2.43. The van der Waals surface area contributed by atoms with Gasteiger partial charge in [0.1, 0.15) is 5.71 Å². The van der Waals surface area contributed by atoms with Crippen molar-refractivity contribution in [3.05, 3.63) is 35.4 Å². The largest absolute Gasteiger partial charge is 0.347 e. The molecule has 0 radical (unpaired) electrons. The predicted molar refractivity (Wildman–Crippen MR) is 87.9 cm³/mol. The highest BCUT2D eigenvalue weighted by Gasteiger charge is 2.50. The number of hydrogen-bond donors (Lipinski definition) is 0. The standard InChI is InChI=1S/C14H16Cl2F2N2OS/c1-3-22-8-9-5-4-6-10(7-9)11-14(15,16)12(20(2)19-11)21-13(17)18/h4-7,12-13H,3,8H2,1-2H3. The molecule has 1 aliphatic rings. The first-order valence-corrected chi connectivity index (χ1v) is 8.57. The van der Waals surface area contributed by atoms with Crippen LogP contribution in [-0.4, -0.2) is 40.7 Å². The van der Waals surface area contributed by atoms with Crippen LogP contribution in [0.5, 0.6) is 0 Å². The molecule has 0 fully saturated rings. The molecule has 0 N–H and O–H groups in total. The van der Waals surface area contributed by atoms with Gasteiger partial charge in [0, 0.05) is 18.4 Å². The number of alkyl halides is 4. The summed E-state index contributed by atoms with van der Waals surface area (Å²) in [6, 6.07) is 7.58. The van der Waals surface area contributed by atoms with Crippen molar-refractivity contribution in [2.24, 2.45) is 5.10 Å². The quantitative estimate of drug-likeness (QED) is 0.698. The van der Waals surface area contributed by atoms with Gasteiger partial charge in [-0.1, -0.05) is 48.3 Å². The molecule has 0 bridgehead atoms. The zero-order chi connectivity index (χ0) is 16.3. The summed E-state index contributed by atoms with van der Waals surface area (Å²) in [7, 11) is 1.50. The van der Waals surface area contributed by atoms with Crippen LogP contribution in [0.3, 0.4) is 0 Å². The molecule has 22 heavy (non-hydrogen) atoms. The number of benzene rings is 1. The first kappa shape index (κ1) is 17.8. The number of halogens is 4. The Morgan fingerprint density at radius 2 is 2.18 bits per heavy atom. The van der Waals surface area contributed by atoms with Crippen LogP contribution in [0.2, 0.25) is 0 Å². The Hall–Kier alpha value is -0.560. The summed E-state index contributed by atoms with van der Waals surface area (Å²) in [5, 5.41) is 5.41. The zero-order valence-corrected chi connectivity index (χ0v) is 14.4. The molecular formula is C14H16Cl2F2N2OS. The molecule has 0 aliphatic carbocycles. The van der Waals surface area contributed by atoms with Crippen molar-refractivity contribution in [1.29, 1.82) is 0 Å². The van der Waals surface area contributed by atoms with Crippen LogP contribution in [-0.2, 0) is 10.5 Å². The van der Waals surface area contributed by atoms with E-state index in [2.05, 4.69) is 16.8 Å². The van der Waals surface area contributed by atoms with E-state index in [1.54, 1.807) is 17.8 Å². The molecule has 3 nitrogen and oxygen atoms in total. The average Bonchev–Trinajstić information content (AvgIpc) is 2.68. The first-order chi connectivity index (χ1) is 10.4. The maximum atomic E-state index is 12.5. The third kappa shape index (κ3) is 3.85. The SMILES string of the molecule is CCSCc1cccc(C2=NN(C)C(OC(F)F)C2(Cl)Cl)c1. The molecule has 8 heteroatoms. The molecule has 2 rings (SSSR count). The molecule has 1 aromatic carbocycles. The normalized spacial score (nSPS) is 20.6. The Morgan fingerprint density at radius 1 is 1.45 bits per heavy atom. The Morgan fingerprint density at radius 3 is 2.82 bits per heavy atom. The monoisotopic (exact) mass is 368 g/mol. The van der Waals surface area contributed by atoms with Crippen LogP contribution in [0.1, 0.15) is 18.1 Å². The number of ether oxygens (including phenoxy) is 1. The zero-order valence-electron chi connectivity index (χ0n) is 12.1. The minimum Gasteiger partial charge on any atom is -0.294 e. The van der Waals surface area contributed by atoms with Crippen LogP contribution in [0.4, 0.5) is 8.78 Å². The maximum absolute atomic E-state index is 12.5. The molecule has 1 aliphatic heterocycles. The highest BCUT2D eigenvalue weighted by atomic mass is 35.5. The van der Waals surface area contributed by atoms with Gasteiger partial charge in [0.15, 0.2) is 6.23 Å². The molecule has 1 unspecified atom stereocenters. The molecule has 122 valence electrons. The second-order valence-corrected chi connectivity index (χ2v) is 7.39. The van der Waals surface area contributed by atoms with Crippen molar-refractivity contribution in [3.63, 3.8) is 0 Å². The van der Waals surface area contributed by atoms with E-state index in [1.165, 1.54) is 12.1 Å². The van der Waals surface area contributed by atoms with Crippen molar-refractivity contribution in [2.45, 2.75) is 29.8 Å². The predicted octanol–water partition coefficient (Wildman–Crippen LogP) is 4.33. The van der Waals surface area contributed by atoms with Crippen molar-refractivity contribution >= 4 is 40.7 Å². The van der Waals surface area contributed by atoms with Gasteiger partial charge < -0.3 is 0 Å². The van der Waals surface area contributed by atoms with Gasteiger partial charge in [-0.2, -0.15) is 25.6 Å². The van der Waals surface area contributed by atoms with E-state index in [9.17, 15) is 8.78 Å². The molecule has 0 spiro atoms. The smallest absolute Gasteiger partial charge is 0.294 e. The molecule has 0 saturated heterocycles. The van der Waals surface area contributed by atoms with E-state index < -0.39 is 17.2 Å². The summed E-state index contributed by atoms with van der Waals surface area (Å²) in [5.74, 6) is 1.86. The Bertz CT molecular complexity index is 557. The van der Waals surface area contributed by atoms with E-state index in [4.69, 9.17) is 23.2 Å². The number of hydrazone groups is 1. The number of rotatable bonds is 6. The molecule has 0 aromatic heterocycles. The minimum atomic E-state index is -2.98. The van der Waals surface area contributed by atoms with Gasteiger partial charge in [-0.25, -0.2) is 0 Å². The topological polar surface area (TPSA) is 24.8 Å². The van der Waals surface area contributed by atoms with E-state index in [0.717, 1.165) is 17.1 Å². The minimum absolute atomic E-state index is 0.312. The molecule has 0 amide bonds. The third-order valence-electron chi connectivity index (χ3n) is 3.13. The lowest BCUT2D eigenvalue weighted by Gasteiger charge is -2.26. The summed E-state index contributed by atoms with van der Waals surface area (Å²) in [6.07, 6.45) is -1.24. The average molecular weight is 369 g/mol. The van der Waals surface area contributed by atoms with Crippen molar-refractivity contribution in [1.82, 2.24) is 5.01 Å². The summed E-state index contributed by atoms with van der Waals surface area (Å²) >= 11 is 14.3. The van der Waals surface area contributed by atoms with Crippen LogP contribution in [0.15, 0.2) is 29.4 Å². The van der Waals surface area contributed by atoms with Crippen molar-refractivity contribution in [2.75, 3.05) is 12.8 Å². The second-order valence-electron chi connectivity index (χ2n) is 4.73. The molecular weight excluding hydrogens is 353 g/mol. The molecule has 1 atom stereocenters. The fourth-order valence-corrected chi connectivity index (χ4v) is 3.48. The molecule has 0 saturated carbocycles. The van der Waals surface area contributed by atoms with E-state index in [0.29, 0.717) is 11.3 Å². The van der Waals surface area contributed by atoms with Gasteiger partial charge in [-0.15, -0.1) is 0 Å². The summed E-state index contributed by atoms with van der Waals surface area (Å²) in [6.45, 7) is -0.898. The number of thioether (sulfide) groups is 1. The Balaban J connectivity index is 2.26. The summed E-state index contributed by atoms with van der Waals surface area (Å²) in [5.41, 5.74) is 2.11. The molecule has 1 heterocycles. The Kier molecular flexibility index (Phi) is 5.94. The van der Waals surface area contributed by atoms with Crippen LogP contribution in [0, 0.1) is 0 Å². The Labute approximate surface area is 142 Å². The van der Waals surface area contributed by atoms with Crippen LogP contribution in [0.25, 0.3) is 0 Å². The second kappa shape index (κ2) is 7.34. The first-order valence-electron chi connectivity index (χ1n) is 6.66. The van der Waals surface area contributed by atoms with Gasteiger partial charge in [-0.05, 0) is 17.4 Å². The summed E-state index contributed by atoms with van der Waals surface area (Å²) < 4.78 is 27.9. The highest BCUT2D eigenvalue weighted by molar-refractivity contribution is 7.98. The lowest BCUT2D eigenvalue weighted by atomic mass is 10.0. The fraction of sp³-hybridized carbons (Fsp3) is 0.500. The van der Waals surface area contributed by atoms with E-state index in [-0.39, 0.29) is 0 Å². The summed E-state index contributed by atoms with van der Waals surface area (Å²) in [4.78, 5) is 0. The maximum Gasteiger partial charge on any atom is 0.347 e. The van der Waals surface area contributed by atoms with E-state index >= 15 is 0 Å². The lowest BCUT2D eigenvalue weighted by molar-refractivity contribution is -0.195. The van der Waals surface area contributed by atoms with Gasteiger partial charge in [0.2, 0.25) is 4.33 Å². The third-order valence-corrected chi connectivity index (χ3v) is 4.81. The van der Waals surface area contributed by atoms with Crippen molar-refractivity contribution < 1.29 is 13.5 Å². The van der Waals surface area contributed by atoms with Crippen LogP contribution < -0.4 is 0 Å². The molecule has 1 aromatic rings. The van der Waals surface area contributed by atoms with Crippen LogP contribution >= 0.6 is 35.0 Å². The van der Waals surface area contributed by atoms with E-state index in [1.807, 2.05) is 18.2 Å². The van der Waals surface area contributed by atoms with Gasteiger partial charge in [0.05, 0.1) is 0 Å². The number of nitrogens with zero attached hydrogens (tertiary/aromatic N) is 2. The van der Waals surface area contributed by atoms with Gasteiger partial charge in [-0.3, -0.25) is 9.75 Å². The number of hydrogen-bond acceptors (Lipinski definition) is 4. The van der Waals surface area contributed by atoms with Crippen molar-refractivity contribution in [3.8, 4) is 0 Å². The van der Waals surface area contributed by atoms with Gasteiger partial charge >= 0.3 is 6.61 Å². The van der Waals surface area contributed by atoms with Gasteiger partial charge in [0.25, 0.3) is 0 Å². The fourth-order valence-electron chi connectivity index (χ4n) is 2.18.